The summed E-state index contributed by atoms with van der Waals surface area (Å²) in [6.07, 6.45) is 1.11. The van der Waals surface area contributed by atoms with Gasteiger partial charge in [-0.3, -0.25) is 4.79 Å². The second-order valence-electron chi connectivity index (χ2n) is 10.1. The highest BCUT2D eigenvalue weighted by atomic mass is 16.5. The van der Waals surface area contributed by atoms with Crippen molar-refractivity contribution in [2.75, 3.05) is 24.9 Å². The molecule has 1 aliphatic carbocycles. The lowest BCUT2D eigenvalue weighted by molar-refractivity contribution is -0.116. The molecule has 202 valence electrons. The van der Waals surface area contributed by atoms with Crippen molar-refractivity contribution in [1.82, 2.24) is 0 Å². The first kappa shape index (κ1) is 25.6. The fourth-order valence-electron chi connectivity index (χ4n) is 5.61. The van der Waals surface area contributed by atoms with E-state index in [1.165, 1.54) is 0 Å². The molecule has 6 heteroatoms. The first-order valence-electron chi connectivity index (χ1n) is 13.5. The number of ether oxygens (including phenoxy) is 3. The molecule has 40 heavy (non-hydrogen) atoms. The van der Waals surface area contributed by atoms with Crippen LogP contribution in [0.1, 0.15) is 41.5 Å². The van der Waals surface area contributed by atoms with Crippen LogP contribution in [-0.2, 0) is 11.4 Å². The molecule has 6 nitrogen and oxygen atoms in total. The molecule has 0 amide bonds. The van der Waals surface area contributed by atoms with E-state index >= 15 is 0 Å². The van der Waals surface area contributed by atoms with E-state index < -0.39 is 0 Å². The summed E-state index contributed by atoms with van der Waals surface area (Å²) in [7, 11) is 3.26. The van der Waals surface area contributed by atoms with Crippen LogP contribution in [0, 0.1) is 0 Å². The van der Waals surface area contributed by atoms with Gasteiger partial charge in [0, 0.05) is 17.7 Å². The van der Waals surface area contributed by atoms with Crippen LogP contribution in [0.5, 0.6) is 17.2 Å². The number of nitrogens with one attached hydrogen (secondary N) is 2. The number of methoxy groups -OCH3 is 2. The number of Topliss-reactive ketones (excluding diaryl/α,β-unsaturated/α-hetero) is 1. The van der Waals surface area contributed by atoms with Gasteiger partial charge in [0.05, 0.1) is 31.6 Å². The van der Waals surface area contributed by atoms with Crippen molar-refractivity contribution in [2.24, 2.45) is 0 Å². The number of hydrogen-bond acceptors (Lipinski definition) is 6. The monoisotopic (exact) mass is 532 g/mol. The molecule has 0 spiro atoms. The van der Waals surface area contributed by atoms with E-state index in [9.17, 15) is 4.79 Å². The number of carbonyl (C=O) groups is 1. The fourth-order valence-corrected chi connectivity index (χ4v) is 5.61. The lowest BCUT2D eigenvalue weighted by atomic mass is 9.78. The number of ketones is 1. The maximum absolute atomic E-state index is 13.9. The second-order valence-corrected chi connectivity index (χ2v) is 10.1. The molecule has 4 aromatic carbocycles. The van der Waals surface area contributed by atoms with Crippen LogP contribution in [0.4, 0.5) is 11.4 Å². The highest BCUT2D eigenvalue weighted by Gasteiger charge is 2.36. The number of para-hydroxylation sites is 2. The van der Waals surface area contributed by atoms with Gasteiger partial charge < -0.3 is 24.8 Å². The second kappa shape index (κ2) is 11.2. The van der Waals surface area contributed by atoms with E-state index in [-0.39, 0.29) is 17.7 Å². The maximum atomic E-state index is 13.9. The summed E-state index contributed by atoms with van der Waals surface area (Å²) in [5.41, 5.74) is 6.75. The van der Waals surface area contributed by atoms with E-state index in [0.29, 0.717) is 30.9 Å². The normalized spacial score (nSPS) is 18.0. The quantitative estimate of drug-likeness (QED) is 0.261. The topological polar surface area (TPSA) is 68.8 Å². The van der Waals surface area contributed by atoms with Gasteiger partial charge in [0.25, 0.3) is 0 Å². The van der Waals surface area contributed by atoms with E-state index in [1.54, 1.807) is 14.2 Å². The zero-order chi connectivity index (χ0) is 27.5. The summed E-state index contributed by atoms with van der Waals surface area (Å²) in [4.78, 5) is 13.9. The third-order valence-electron chi connectivity index (χ3n) is 7.63. The molecule has 1 aliphatic heterocycles. The van der Waals surface area contributed by atoms with Gasteiger partial charge in [0.2, 0.25) is 0 Å². The fraction of sp³-hybridized carbons (Fsp3) is 0.206. The molecular weight excluding hydrogens is 500 g/mol. The summed E-state index contributed by atoms with van der Waals surface area (Å²) in [5, 5.41) is 7.27. The summed E-state index contributed by atoms with van der Waals surface area (Å²) >= 11 is 0. The van der Waals surface area contributed by atoms with Crippen LogP contribution >= 0.6 is 0 Å². The Morgan fingerprint density at radius 1 is 0.750 bits per heavy atom. The number of carbonyl (C=O) groups excluding carboxylic acids is 1. The molecule has 0 aromatic heterocycles. The molecule has 0 saturated heterocycles. The lowest BCUT2D eigenvalue weighted by Crippen LogP contribution is -2.27. The highest BCUT2D eigenvalue weighted by molar-refractivity contribution is 6.01. The van der Waals surface area contributed by atoms with Crippen molar-refractivity contribution < 1.29 is 19.0 Å². The van der Waals surface area contributed by atoms with Gasteiger partial charge >= 0.3 is 0 Å². The zero-order valence-electron chi connectivity index (χ0n) is 22.6. The van der Waals surface area contributed by atoms with Crippen molar-refractivity contribution in [1.29, 1.82) is 0 Å². The average Bonchev–Trinajstić information content (AvgIpc) is 3.17. The van der Waals surface area contributed by atoms with Gasteiger partial charge in [-0.05, 0) is 65.4 Å². The number of anilines is 2. The van der Waals surface area contributed by atoms with E-state index in [4.69, 9.17) is 14.2 Å². The smallest absolute Gasteiger partial charge is 0.163 e. The first-order chi connectivity index (χ1) is 19.6. The van der Waals surface area contributed by atoms with Gasteiger partial charge in [0.15, 0.2) is 17.3 Å². The van der Waals surface area contributed by atoms with Crippen molar-refractivity contribution in [3.8, 4) is 17.2 Å². The largest absolute Gasteiger partial charge is 0.493 e. The predicted molar refractivity (Wildman–Crippen MR) is 157 cm³/mol. The Morgan fingerprint density at radius 3 is 2.33 bits per heavy atom. The first-order valence-corrected chi connectivity index (χ1v) is 13.5. The molecule has 2 atom stereocenters. The predicted octanol–water partition coefficient (Wildman–Crippen LogP) is 7.26. The van der Waals surface area contributed by atoms with E-state index in [0.717, 1.165) is 45.1 Å². The maximum Gasteiger partial charge on any atom is 0.163 e. The molecule has 0 radical (unpaired) electrons. The van der Waals surface area contributed by atoms with Gasteiger partial charge in [-0.15, -0.1) is 0 Å². The van der Waals surface area contributed by atoms with Crippen LogP contribution in [0.25, 0.3) is 0 Å². The third-order valence-corrected chi connectivity index (χ3v) is 7.63. The minimum Gasteiger partial charge on any atom is -0.493 e. The van der Waals surface area contributed by atoms with Gasteiger partial charge in [0.1, 0.15) is 12.4 Å². The molecule has 2 aliphatic rings. The van der Waals surface area contributed by atoms with Gasteiger partial charge in [-0.1, -0.05) is 60.7 Å². The number of rotatable bonds is 7. The van der Waals surface area contributed by atoms with E-state index in [2.05, 4.69) is 16.7 Å². The van der Waals surface area contributed by atoms with Crippen molar-refractivity contribution in [2.45, 2.75) is 31.4 Å². The molecule has 0 saturated carbocycles. The molecule has 0 bridgehead atoms. The Kier molecular flexibility index (Phi) is 7.15. The Bertz CT molecular complexity index is 1560. The lowest BCUT2D eigenvalue weighted by Gasteiger charge is -2.30. The molecule has 6 rings (SSSR count). The Labute approximate surface area is 234 Å². The van der Waals surface area contributed by atoms with Crippen molar-refractivity contribution >= 4 is 17.2 Å². The average molecular weight is 533 g/mol. The standard InChI is InChI=1S/C34H32N2O4/c1-38-31-16-15-23(20-32(31)39-2)25-18-29-33(30(37)19-25)34(36-28-14-7-6-13-27(28)35-29)24-11-8-12-26(17-24)40-21-22-9-4-3-5-10-22/h3-17,20,25,34-36H,18-19,21H2,1-2H3/t25-,34+/m0/s1. The van der Waals surface area contributed by atoms with Crippen LogP contribution in [-0.4, -0.2) is 20.0 Å². The Balaban J connectivity index is 1.35. The number of allylic oxidation sites excluding steroid dienone is 1. The minimum absolute atomic E-state index is 0.0185. The molecule has 0 unspecified atom stereocenters. The SMILES string of the molecule is COc1ccc([C@@H]2CC(=O)C3=C(C2)Nc2ccccc2N[C@@H]3c2cccc(OCc3ccccc3)c2)cc1OC. The minimum atomic E-state index is -0.315. The summed E-state index contributed by atoms with van der Waals surface area (Å²) < 4.78 is 17.1. The summed E-state index contributed by atoms with van der Waals surface area (Å²) in [6, 6.07) is 31.8. The number of fused-ring (bicyclic) bond motifs is 1. The zero-order valence-corrected chi connectivity index (χ0v) is 22.6. The Morgan fingerprint density at radius 2 is 1.52 bits per heavy atom. The molecule has 0 fully saturated rings. The number of benzene rings is 4. The van der Waals surface area contributed by atoms with Gasteiger partial charge in [-0.2, -0.15) is 0 Å². The molecular formula is C34H32N2O4. The van der Waals surface area contributed by atoms with Crippen LogP contribution in [0.15, 0.2) is 108 Å². The van der Waals surface area contributed by atoms with Crippen LogP contribution in [0.2, 0.25) is 0 Å². The molecule has 1 heterocycles. The van der Waals surface area contributed by atoms with Crippen LogP contribution < -0.4 is 24.8 Å². The van der Waals surface area contributed by atoms with Crippen molar-refractivity contribution in [3.63, 3.8) is 0 Å². The third kappa shape index (κ3) is 5.13. The van der Waals surface area contributed by atoms with E-state index in [1.807, 2.05) is 91.0 Å². The number of hydrogen-bond donors (Lipinski definition) is 2. The molecule has 4 aromatic rings. The van der Waals surface area contributed by atoms with Crippen LogP contribution in [0.3, 0.4) is 0 Å². The molecule has 2 N–H and O–H groups in total. The summed E-state index contributed by atoms with van der Waals surface area (Å²) in [6.45, 7) is 0.479. The van der Waals surface area contributed by atoms with Gasteiger partial charge in [-0.25, -0.2) is 0 Å². The highest BCUT2D eigenvalue weighted by Crippen LogP contribution is 2.45. The summed E-state index contributed by atoms with van der Waals surface area (Å²) in [5.74, 6) is 2.24. The van der Waals surface area contributed by atoms with Crippen molar-refractivity contribution in [3.05, 3.63) is 125 Å². The Hall–Kier alpha value is -4.71.